The van der Waals surface area contributed by atoms with Crippen LogP contribution in [0.1, 0.15) is 69.5 Å². The van der Waals surface area contributed by atoms with E-state index in [9.17, 15) is 9.90 Å². The molecule has 0 saturated carbocycles. The molecule has 3 atom stereocenters. The summed E-state index contributed by atoms with van der Waals surface area (Å²) in [7, 11) is 3.20. The molecule has 3 aromatic carbocycles. The van der Waals surface area contributed by atoms with E-state index in [0.29, 0.717) is 28.9 Å². The molecule has 0 radical (unpaired) electrons. The van der Waals surface area contributed by atoms with Crippen molar-refractivity contribution in [2.24, 2.45) is 16.8 Å². The molecule has 10 nitrogen and oxygen atoms in total. The smallest absolute Gasteiger partial charge is 0.351 e. The van der Waals surface area contributed by atoms with Crippen LogP contribution in [0.15, 0.2) is 94.8 Å². The molecule has 0 aliphatic carbocycles. The SMILES string of the molecule is CC#Cc1cn(C2CC(O)C(COC(c3ccccc3)(c3ccccc3)c3cccc(OC)c3OC)O2)c(=O)nc1N=CN(CC(C)C)CC(C)C. The first-order chi connectivity index (χ1) is 25.1. The van der Waals surface area contributed by atoms with Gasteiger partial charge >= 0.3 is 5.69 Å². The number of benzene rings is 3. The summed E-state index contributed by atoms with van der Waals surface area (Å²) in [6, 6.07) is 25.4. The van der Waals surface area contributed by atoms with Crippen LogP contribution in [0.2, 0.25) is 0 Å². The molecule has 1 saturated heterocycles. The molecule has 0 bridgehead atoms. The van der Waals surface area contributed by atoms with Crippen molar-refractivity contribution in [2.45, 2.75) is 65.1 Å². The van der Waals surface area contributed by atoms with Gasteiger partial charge in [0.15, 0.2) is 17.3 Å². The molecule has 10 heteroatoms. The number of aliphatic hydroxyl groups excluding tert-OH is 1. The van der Waals surface area contributed by atoms with E-state index in [2.05, 4.69) is 54.4 Å². The number of nitrogens with zero attached hydrogens (tertiary/aromatic N) is 4. The normalized spacial score (nSPS) is 17.4. The third kappa shape index (κ3) is 8.56. The van der Waals surface area contributed by atoms with Crippen molar-refractivity contribution in [1.29, 1.82) is 0 Å². The van der Waals surface area contributed by atoms with Crippen LogP contribution < -0.4 is 15.2 Å². The van der Waals surface area contributed by atoms with Gasteiger partial charge in [0, 0.05) is 31.3 Å². The van der Waals surface area contributed by atoms with Crippen LogP contribution in [-0.2, 0) is 15.1 Å². The van der Waals surface area contributed by atoms with Crippen LogP contribution in [0.4, 0.5) is 5.82 Å². The van der Waals surface area contributed by atoms with E-state index in [1.807, 2.05) is 78.9 Å². The Balaban J connectivity index is 1.48. The number of aromatic nitrogens is 2. The Morgan fingerprint density at radius 2 is 1.62 bits per heavy atom. The third-order valence-corrected chi connectivity index (χ3v) is 8.86. The number of ether oxygens (including phenoxy) is 4. The topological polar surface area (TPSA) is 108 Å². The van der Waals surface area contributed by atoms with Crippen molar-refractivity contribution in [2.75, 3.05) is 33.9 Å². The Labute approximate surface area is 307 Å². The summed E-state index contributed by atoms with van der Waals surface area (Å²) in [5.41, 5.74) is 1.16. The number of aliphatic imine (C=N–C) groups is 1. The second-order valence-electron chi connectivity index (χ2n) is 13.7. The average Bonchev–Trinajstić information content (AvgIpc) is 3.51. The molecule has 2 heterocycles. The minimum absolute atomic E-state index is 0.0183. The number of para-hydroxylation sites is 1. The van der Waals surface area contributed by atoms with Gasteiger partial charge in [0.2, 0.25) is 0 Å². The number of rotatable bonds is 15. The minimum Gasteiger partial charge on any atom is -0.493 e. The molecule has 3 unspecified atom stereocenters. The second-order valence-corrected chi connectivity index (χ2v) is 13.7. The Bertz CT molecular complexity index is 1870. The van der Waals surface area contributed by atoms with Crippen molar-refractivity contribution in [3.05, 3.63) is 118 Å². The summed E-state index contributed by atoms with van der Waals surface area (Å²) >= 11 is 0. The van der Waals surface area contributed by atoms with E-state index >= 15 is 0 Å². The summed E-state index contributed by atoms with van der Waals surface area (Å²) in [6.45, 7) is 12.0. The summed E-state index contributed by atoms with van der Waals surface area (Å²) in [5, 5.41) is 11.4. The van der Waals surface area contributed by atoms with Gasteiger partial charge in [-0.05, 0) is 36.0 Å². The highest BCUT2D eigenvalue weighted by Crippen LogP contribution is 2.47. The van der Waals surface area contributed by atoms with E-state index in [1.165, 1.54) is 4.57 Å². The average molecular weight is 707 g/mol. The molecule has 274 valence electrons. The van der Waals surface area contributed by atoms with Crippen molar-refractivity contribution < 1.29 is 24.1 Å². The molecule has 5 rings (SSSR count). The molecular formula is C42H50N4O6. The molecule has 1 aliphatic rings. The molecule has 1 N–H and O–H groups in total. The van der Waals surface area contributed by atoms with Crippen LogP contribution in [-0.4, -0.2) is 72.0 Å². The van der Waals surface area contributed by atoms with Gasteiger partial charge in [0.25, 0.3) is 0 Å². The fourth-order valence-corrected chi connectivity index (χ4v) is 6.71. The summed E-state index contributed by atoms with van der Waals surface area (Å²) in [6.07, 6.45) is 1.01. The lowest BCUT2D eigenvalue weighted by atomic mass is 9.79. The molecular weight excluding hydrogens is 656 g/mol. The van der Waals surface area contributed by atoms with Crippen molar-refractivity contribution in [3.63, 3.8) is 0 Å². The van der Waals surface area contributed by atoms with Crippen LogP contribution in [0.25, 0.3) is 0 Å². The zero-order chi connectivity index (χ0) is 37.3. The van der Waals surface area contributed by atoms with E-state index in [0.717, 1.165) is 29.8 Å². The number of aliphatic hydroxyl groups is 1. The van der Waals surface area contributed by atoms with E-state index in [-0.39, 0.29) is 18.8 Å². The van der Waals surface area contributed by atoms with Crippen molar-refractivity contribution in [1.82, 2.24) is 14.5 Å². The highest BCUT2D eigenvalue weighted by atomic mass is 16.6. The predicted molar refractivity (Wildman–Crippen MR) is 203 cm³/mol. The zero-order valence-electron chi connectivity index (χ0n) is 31.2. The van der Waals surface area contributed by atoms with Crippen LogP contribution in [0, 0.1) is 23.7 Å². The fraction of sp³-hybridized carbons (Fsp3) is 0.405. The van der Waals surface area contributed by atoms with Crippen molar-refractivity contribution >= 4 is 12.2 Å². The lowest BCUT2D eigenvalue weighted by molar-refractivity contribution is -0.0948. The maximum absolute atomic E-state index is 13.5. The van der Waals surface area contributed by atoms with Gasteiger partial charge in [-0.2, -0.15) is 4.98 Å². The van der Waals surface area contributed by atoms with Crippen LogP contribution in [0.3, 0.4) is 0 Å². The fourth-order valence-electron chi connectivity index (χ4n) is 6.71. The summed E-state index contributed by atoms with van der Waals surface area (Å²) in [5.74, 6) is 8.14. The van der Waals surface area contributed by atoms with Gasteiger partial charge in [-0.15, -0.1) is 5.92 Å². The van der Waals surface area contributed by atoms with Crippen LogP contribution in [0.5, 0.6) is 11.5 Å². The largest absolute Gasteiger partial charge is 0.493 e. The molecule has 0 amide bonds. The standard InChI is InChI=1S/C42H50N4O6/c1-8-16-31-26-46(41(48)44-40(31)43-28-45(24-29(2)3)25-30(4)5)38-23-35(47)37(52-38)27-51-42(32-17-11-9-12-18-32,33-19-13-10-14-20-33)34-21-15-22-36(49-6)39(34)50-7/h9-15,17-22,26,28-30,35,37-38,47H,23-25,27H2,1-7H3. The first-order valence-electron chi connectivity index (χ1n) is 17.7. The summed E-state index contributed by atoms with van der Waals surface area (Å²) in [4.78, 5) is 24.6. The first-order valence-corrected chi connectivity index (χ1v) is 17.7. The minimum atomic E-state index is -1.19. The lowest BCUT2D eigenvalue weighted by Gasteiger charge is -2.38. The zero-order valence-corrected chi connectivity index (χ0v) is 31.2. The van der Waals surface area contributed by atoms with E-state index in [4.69, 9.17) is 18.9 Å². The van der Waals surface area contributed by atoms with Gasteiger partial charge in [-0.1, -0.05) is 106 Å². The van der Waals surface area contributed by atoms with Crippen molar-refractivity contribution in [3.8, 4) is 23.3 Å². The van der Waals surface area contributed by atoms with Gasteiger partial charge < -0.3 is 29.0 Å². The number of methoxy groups -OCH3 is 2. The maximum atomic E-state index is 13.5. The van der Waals surface area contributed by atoms with E-state index in [1.54, 1.807) is 33.7 Å². The van der Waals surface area contributed by atoms with Crippen LogP contribution >= 0.6 is 0 Å². The Hall–Kier alpha value is -4.95. The van der Waals surface area contributed by atoms with Gasteiger partial charge in [0.1, 0.15) is 17.9 Å². The first kappa shape index (κ1) is 38.3. The second kappa shape index (κ2) is 17.5. The molecule has 52 heavy (non-hydrogen) atoms. The lowest BCUT2D eigenvalue weighted by Crippen LogP contribution is -2.38. The monoisotopic (exact) mass is 706 g/mol. The van der Waals surface area contributed by atoms with E-state index < -0.39 is 29.7 Å². The molecule has 1 aromatic heterocycles. The summed E-state index contributed by atoms with van der Waals surface area (Å²) < 4.78 is 26.5. The number of hydrogen-bond acceptors (Lipinski definition) is 8. The molecule has 0 spiro atoms. The van der Waals surface area contributed by atoms with Gasteiger partial charge in [-0.3, -0.25) is 4.57 Å². The highest BCUT2D eigenvalue weighted by Gasteiger charge is 2.44. The Kier molecular flexibility index (Phi) is 12.9. The Morgan fingerprint density at radius 3 is 2.17 bits per heavy atom. The quantitative estimate of drug-likeness (QED) is 0.0641. The highest BCUT2D eigenvalue weighted by molar-refractivity contribution is 5.63. The molecule has 1 aliphatic heterocycles. The Morgan fingerprint density at radius 1 is 0.981 bits per heavy atom. The third-order valence-electron chi connectivity index (χ3n) is 8.86. The van der Waals surface area contributed by atoms with Gasteiger partial charge in [-0.25, -0.2) is 9.79 Å². The molecule has 4 aromatic rings. The number of hydrogen-bond donors (Lipinski definition) is 1. The van der Waals surface area contributed by atoms with Gasteiger partial charge in [0.05, 0.1) is 38.8 Å². The maximum Gasteiger partial charge on any atom is 0.351 e. The molecule has 1 fully saturated rings. The predicted octanol–water partition coefficient (Wildman–Crippen LogP) is 6.56.